The SMILES string of the molecule is COc1ccc(CN2CCN(c3cccc(C)c3C)CC2)cc1C. The van der Waals surface area contributed by atoms with Gasteiger partial charge in [0, 0.05) is 38.4 Å². The van der Waals surface area contributed by atoms with Gasteiger partial charge < -0.3 is 9.64 Å². The predicted molar refractivity (Wildman–Crippen MR) is 101 cm³/mol. The second-order valence-corrected chi connectivity index (χ2v) is 6.79. The number of aryl methyl sites for hydroxylation is 2. The number of nitrogens with zero attached hydrogens (tertiary/aromatic N) is 2. The Hall–Kier alpha value is -2.00. The Morgan fingerprint density at radius 3 is 2.33 bits per heavy atom. The number of hydrogen-bond donors (Lipinski definition) is 0. The first-order valence-electron chi connectivity index (χ1n) is 8.75. The van der Waals surface area contributed by atoms with Crippen LogP contribution < -0.4 is 9.64 Å². The highest BCUT2D eigenvalue weighted by Crippen LogP contribution is 2.25. The van der Waals surface area contributed by atoms with E-state index in [9.17, 15) is 0 Å². The van der Waals surface area contributed by atoms with Gasteiger partial charge in [-0.1, -0.05) is 24.3 Å². The van der Waals surface area contributed by atoms with E-state index in [2.05, 4.69) is 67.0 Å². The fourth-order valence-electron chi connectivity index (χ4n) is 3.52. The quantitative estimate of drug-likeness (QED) is 0.847. The lowest BCUT2D eigenvalue weighted by atomic mass is 10.1. The Labute approximate surface area is 145 Å². The number of benzene rings is 2. The van der Waals surface area contributed by atoms with Crippen LogP contribution in [0.2, 0.25) is 0 Å². The molecule has 3 heteroatoms. The summed E-state index contributed by atoms with van der Waals surface area (Å²) in [4.78, 5) is 5.07. The molecule has 0 amide bonds. The third-order valence-electron chi connectivity index (χ3n) is 5.15. The zero-order valence-electron chi connectivity index (χ0n) is 15.3. The number of hydrogen-bond acceptors (Lipinski definition) is 3. The Morgan fingerprint density at radius 2 is 1.67 bits per heavy atom. The minimum absolute atomic E-state index is 0.971. The average molecular weight is 324 g/mol. The minimum Gasteiger partial charge on any atom is -0.496 e. The van der Waals surface area contributed by atoms with E-state index < -0.39 is 0 Å². The maximum atomic E-state index is 5.35. The minimum atomic E-state index is 0.971. The summed E-state index contributed by atoms with van der Waals surface area (Å²) in [5.41, 5.74) is 6.77. The summed E-state index contributed by atoms with van der Waals surface area (Å²) >= 11 is 0. The molecule has 3 nitrogen and oxygen atoms in total. The van der Waals surface area contributed by atoms with Crippen molar-refractivity contribution in [3.05, 3.63) is 58.7 Å². The lowest BCUT2D eigenvalue weighted by Crippen LogP contribution is -2.46. The van der Waals surface area contributed by atoms with Crippen LogP contribution in [-0.2, 0) is 6.54 Å². The molecule has 1 fully saturated rings. The largest absolute Gasteiger partial charge is 0.496 e. The van der Waals surface area contributed by atoms with Crippen LogP contribution in [0.25, 0.3) is 0 Å². The molecule has 0 N–H and O–H groups in total. The van der Waals surface area contributed by atoms with Crippen molar-refractivity contribution in [3.63, 3.8) is 0 Å². The molecule has 3 rings (SSSR count). The zero-order chi connectivity index (χ0) is 17.1. The van der Waals surface area contributed by atoms with Gasteiger partial charge in [-0.2, -0.15) is 0 Å². The van der Waals surface area contributed by atoms with E-state index in [1.54, 1.807) is 7.11 Å². The molecule has 2 aromatic carbocycles. The molecule has 1 heterocycles. The molecule has 0 bridgehead atoms. The Kier molecular flexibility index (Phi) is 5.10. The van der Waals surface area contributed by atoms with Gasteiger partial charge in [-0.3, -0.25) is 4.90 Å². The summed E-state index contributed by atoms with van der Waals surface area (Å²) in [5.74, 6) is 0.971. The highest BCUT2D eigenvalue weighted by molar-refractivity contribution is 5.56. The van der Waals surface area contributed by atoms with Gasteiger partial charge in [0.1, 0.15) is 5.75 Å². The smallest absolute Gasteiger partial charge is 0.121 e. The van der Waals surface area contributed by atoms with E-state index in [1.807, 2.05) is 0 Å². The number of methoxy groups -OCH3 is 1. The molecule has 2 aromatic rings. The molecule has 0 spiro atoms. The molecular formula is C21H28N2O. The third kappa shape index (κ3) is 3.57. The summed E-state index contributed by atoms with van der Waals surface area (Å²) < 4.78 is 5.35. The average Bonchev–Trinajstić information content (AvgIpc) is 2.58. The monoisotopic (exact) mass is 324 g/mol. The zero-order valence-corrected chi connectivity index (χ0v) is 15.3. The van der Waals surface area contributed by atoms with Crippen molar-refractivity contribution in [3.8, 4) is 5.75 Å². The standard InChI is InChI=1S/C21H28N2O/c1-16-6-5-7-20(18(16)3)23-12-10-22(11-13-23)15-19-8-9-21(24-4)17(2)14-19/h5-9,14H,10-13,15H2,1-4H3. The predicted octanol–water partition coefficient (Wildman–Crippen LogP) is 3.94. The maximum Gasteiger partial charge on any atom is 0.121 e. The first kappa shape index (κ1) is 16.8. The van der Waals surface area contributed by atoms with E-state index in [0.29, 0.717) is 0 Å². The van der Waals surface area contributed by atoms with Gasteiger partial charge >= 0.3 is 0 Å². The van der Waals surface area contributed by atoms with Gasteiger partial charge in [0.05, 0.1) is 7.11 Å². The van der Waals surface area contributed by atoms with Crippen molar-refractivity contribution in [2.24, 2.45) is 0 Å². The van der Waals surface area contributed by atoms with Gasteiger partial charge in [-0.05, 0) is 55.2 Å². The molecule has 1 aliphatic heterocycles. The van der Waals surface area contributed by atoms with Gasteiger partial charge in [-0.25, -0.2) is 0 Å². The van der Waals surface area contributed by atoms with Crippen molar-refractivity contribution in [2.75, 3.05) is 38.2 Å². The van der Waals surface area contributed by atoms with Gasteiger partial charge in [-0.15, -0.1) is 0 Å². The van der Waals surface area contributed by atoms with Crippen LogP contribution in [0.3, 0.4) is 0 Å². The van der Waals surface area contributed by atoms with Crippen molar-refractivity contribution in [1.29, 1.82) is 0 Å². The number of piperazine rings is 1. The second-order valence-electron chi connectivity index (χ2n) is 6.79. The van der Waals surface area contributed by atoms with Crippen LogP contribution in [0.5, 0.6) is 5.75 Å². The van der Waals surface area contributed by atoms with E-state index in [4.69, 9.17) is 4.74 Å². The van der Waals surface area contributed by atoms with E-state index in [0.717, 1.165) is 38.5 Å². The van der Waals surface area contributed by atoms with Crippen LogP contribution in [0.4, 0.5) is 5.69 Å². The first-order valence-corrected chi connectivity index (χ1v) is 8.75. The second kappa shape index (κ2) is 7.27. The molecule has 0 radical (unpaired) electrons. The van der Waals surface area contributed by atoms with Crippen LogP contribution in [0, 0.1) is 20.8 Å². The molecule has 128 valence electrons. The molecule has 0 aliphatic carbocycles. The maximum absolute atomic E-state index is 5.35. The van der Waals surface area contributed by atoms with Gasteiger partial charge in [0.15, 0.2) is 0 Å². The number of rotatable bonds is 4. The Balaban J connectivity index is 1.61. The van der Waals surface area contributed by atoms with Gasteiger partial charge in [0.25, 0.3) is 0 Å². The topological polar surface area (TPSA) is 15.7 Å². The fourth-order valence-corrected chi connectivity index (χ4v) is 3.52. The van der Waals surface area contributed by atoms with Crippen LogP contribution >= 0.6 is 0 Å². The number of ether oxygens (including phenoxy) is 1. The van der Waals surface area contributed by atoms with Crippen molar-refractivity contribution in [2.45, 2.75) is 27.3 Å². The lowest BCUT2D eigenvalue weighted by molar-refractivity contribution is 0.249. The molecule has 0 atom stereocenters. The normalized spacial score (nSPS) is 15.6. The molecule has 24 heavy (non-hydrogen) atoms. The molecule has 1 saturated heterocycles. The van der Waals surface area contributed by atoms with Crippen molar-refractivity contribution >= 4 is 5.69 Å². The summed E-state index contributed by atoms with van der Waals surface area (Å²) in [5, 5.41) is 0. The summed E-state index contributed by atoms with van der Waals surface area (Å²) in [6, 6.07) is 13.1. The van der Waals surface area contributed by atoms with Crippen LogP contribution in [0.15, 0.2) is 36.4 Å². The Morgan fingerprint density at radius 1 is 0.917 bits per heavy atom. The highest BCUT2D eigenvalue weighted by atomic mass is 16.5. The summed E-state index contributed by atoms with van der Waals surface area (Å²) in [6.07, 6.45) is 0. The summed E-state index contributed by atoms with van der Waals surface area (Å²) in [6.45, 7) is 12.0. The van der Waals surface area contributed by atoms with Gasteiger partial charge in [0.2, 0.25) is 0 Å². The lowest BCUT2D eigenvalue weighted by Gasteiger charge is -2.37. The van der Waals surface area contributed by atoms with E-state index in [-0.39, 0.29) is 0 Å². The molecule has 0 unspecified atom stereocenters. The molecular weight excluding hydrogens is 296 g/mol. The van der Waals surface area contributed by atoms with Crippen LogP contribution in [0.1, 0.15) is 22.3 Å². The molecule has 0 aromatic heterocycles. The number of anilines is 1. The van der Waals surface area contributed by atoms with E-state index in [1.165, 1.54) is 27.9 Å². The first-order chi connectivity index (χ1) is 11.6. The van der Waals surface area contributed by atoms with Crippen LogP contribution in [-0.4, -0.2) is 38.2 Å². The van der Waals surface area contributed by atoms with Crippen molar-refractivity contribution in [1.82, 2.24) is 4.90 Å². The molecule has 0 saturated carbocycles. The fraction of sp³-hybridized carbons (Fsp3) is 0.429. The Bertz CT molecular complexity index is 703. The highest BCUT2D eigenvalue weighted by Gasteiger charge is 2.19. The summed E-state index contributed by atoms with van der Waals surface area (Å²) in [7, 11) is 1.73. The third-order valence-corrected chi connectivity index (χ3v) is 5.15. The van der Waals surface area contributed by atoms with Crippen molar-refractivity contribution < 1.29 is 4.74 Å². The van der Waals surface area contributed by atoms with E-state index >= 15 is 0 Å². The molecule has 1 aliphatic rings.